The molecule has 0 atom stereocenters. The Balaban J connectivity index is 1.41. The highest BCUT2D eigenvalue weighted by molar-refractivity contribution is 6.08. The van der Waals surface area contributed by atoms with Crippen LogP contribution in [0.4, 0.5) is 49.1 Å². The lowest BCUT2D eigenvalue weighted by molar-refractivity contribution is -0.138. The van der Waals surface area contributed by atoms with E-state index in [1.807, 2.05) is 0 Å². The van der Waals surface area contributed by atoms with E-state index < -0.39 is 46.7 Å². The van der Waals surface area contributed by atoms with Crippen molar-refractivity contribution in [1.29, 1.82) is 0 Å². The molecule has 10 nitrogen and oxygen atoms in total. The van der Waals surface area contributed by atoms with Gasteiger partial charge in [-0.3, -0.25) is 9.59 Å². The third-order valence-electron chi connectivity index (χ3n) is 7.69. The van der Waals surface area contributed by atoms with Crippen molar-refractivity contribution in [3.05, 3.63) is 59.2 Å². The summed E-state index contributed by atoms with van der Waals surface area (Å²) in [5, 5.41) is 4.65. The number of anilines is 4. The van der Waals surface area contributed by atoms with E-state index in [0.717, 1.165) is 38.1 Å². The van der Waals surface area contributed by atoms with Crippen LogP contribution in [0.5, 0.6) is 11.5 Å². The van der Waals surface area contributed by atoms with Crippen molar-refractivity contribution in [3.8, 4) is 11.5 Å². The molecule has 0 aliphatic heterocycles. The standard InChI is InChI=1S/C30H30F6N6O4/c31-29(32,33)15-9-19(37)25(45-17-5-1-2-6-17)21(11-15)41-27(43)23-13-24(40-14-39-23)28(44)42-22-12-16(30(34,35)36)10-20(38)26(22)46-18-7-3-4-8-18/h9-14,17-18H,1-8,37-38H2,(H,41,43)(H,42,44). The second kappa shape index (κ2) is 12.9. The highest BCUT2D eigenvalue weighted by atomic mass is 19.4. The quantitative estimate of drug-likeness (QED) is 0.153. The van der Waals surface area contributed by atoms with Gasteiger partial charge in [-0.25, -0.2) is 9.97 Å². The van der Waals surface area contributed by atoms with Crippen LogP contribution in [0.3, 0.4) is 0 Å². The predicted molar refractivity (Wildman–Crippen MR) is 155 cm³/mol. The van der Waals surface area contributed by atoms with Gasteiger partial charge in [-0.1, -0.05) is 0 Å². The monoisotopic (exact) mass is 652 g/mol. The van der Waals surface area contributed by atoms with Crippen molar-refractivity contribution in [2.24, 2.45) is 0 Å². The molecule has 2 amide bonds. The molecule has 2 aromatic carbocycles. The van der Waals surface area contributed by atoms with Gasteiger partial charge in [0.2, 0.25) is 0 Å². The van der Waals surface area contributed by atoms with Crippen LogP contribution in [0, 0.1) is 0 Å². The van der Waals surface area contributed by atoms with Gasteiger partial charge in [0.25, 0.3) is 11.8 Å². The summed E-state index contributed by atoms with van der Waals surface area (Å²) in [4.78, 5) is 34.0. The molecule has 2 fully saturated rings. The molecule has 46 heavy (non-hydrogen) atoms. The van der Waals surface area contributed by atoms with E-state index in [9.17, 15) is 35.9 Å². The molecule has 0 radical (unpaired) electrons. The number of alkyl halides is 6. The lowest BCUT2D eigenvalue weighted by atomic mass is 10.1. The number of nitrogen functional groups attached to an aromatic ring is 2. The van der Waals surface area contributed by atoms with Gasteiger partial charge in [-0.15, -0.1) is 0 Å². The summed E-state index contributed by atoms with van der Waals surface area (Å²) < 4.78 is 93.1. The maximum atomic E-state index is 13.6. The first-order valence-corrected chi connectivity index (χ1v) is 14.5. The van der Waals surface area contributed by atoms with E-state index in [-0.39, 0.29) is 46.5 Å². The van der Waals surface area contributed by atoms with Crippen LogP contribution < -0.4 is 31.6 Å². The first-order chi connectivity index (χ1) is 21.7. The molecule has 1 heterocycles. The lowest BCUT2D eigenvalue weighted by Gasteiger charge is -2.21. The van der Waals surface area contributed by atoms with Gasteiger partial charge in [0.05, 0.1) is 46.1 Å². The third-order valence-corrected chi connectivity index (χ3v) is 7.69. The highest BCUT2D eigenvalue weighted by Crippen LogP contribution is 2.42. The fourth-order valence-electron chi connectivity index (χ4n) is 5.40. The Morgan fingerprint density at radius 2 is 1.02 bits per heavy atom. The number of carbonyl (C=O) groups is 2. The molecular formula is C30H30F6N6O4. The number of aromatic nitrogens is 2. The summed E-state index contributed by atoms with van der Waals surface area (Å²) >= 11 is 0. The Bertz CT molecular complexity index is 1500. The van der Waals surface area contributed by atoms with Crippen molar-refractivity contribution in [2.75, 3.05) is 22.1 Å². The Labute approximate surface area is 258 Å². The number of ether oxygens (including phenoxy) is 2. The molecule has 5 rings (SSSR count). The maximum Gasteiger partial charge on any atom is 0.416 e. The van der Waals surface area contributed by atoms with Crippen molar-refractivity contribution < 1.29 is 45.4 Å². The zero-order chi connectivity index (χ0) is 33.2. The fourth-order valence-corrected chi connectivity index (χ4v) is 5.40. The van der Waals surface area contributed by atoms with E-state index in [2.05, 4.69) is 20.6 Å². The molecule has 2 aliphatic carbocycles. The van der Waals surface area contributed by atoms with Crippen molar-refractivity contribution in [1.82, 2.24) is 9.97 Å². The van der Waals surface area contributed by atoms with Crippen molar-refractivity contribution in [2.45, 2.75) is 75.9 Å². The van der Waals surface area contributed by atoms with Gasteiger partial charge < -0.3 is 31.6 Å². The van der Waals surface area contributed by atoms with Gasteiger partial charge in [-0.2, -0.15) is 26.3 Å². The molecule has 3 aromatic rings. The Hall–Kier alpha value is -4.76. The number of hydrogen-bond donors (Lipinski definition) is 4. The number of nitrogens with zero attached hydrogens (tertiary/aromatic N) is 2. The summed E-state index contributed by atoms with van der Waals surface area (Å²) in [6.45, 7) is 0. The smallest absolute Gasteiger partial charge is 0.416 e. The second-order valence-corrected chi connectivity index (χ2v) is 11.1. The first kappa shape index (κ1) is 32.6. The maximum absolute atomic E-state index is 13.6. The average molecular weight is 653 g/mol. The minimum absolute atomic E-state index is 0.141. The minimum atomic E-state index is -4.78. The van der Waals surface area contributed by atoms with Gasteiger partial charge in [0, 0.05) is 6.07 Å². The lowest BCUT2D eigenvalue weighted by Crippen LogP contribution is -2.21. The summed E-state index contributed by atoms with van der Waals surface area (Å²) in [6.07, 6.45) is -3.28. The van der Waals surface area contributed by atoms with E-state index in [1.165, 1.54) is 0 Å². The van der Waals surface area contributed by atoms with Crippen molar-refractivity contribution >= 4 is 34.6 Å². The molecule has 0 bridgehead atoms. The average Bonchev–Trinajstić information content (AvgIpc) is 3.70. The predicted octanol–water partition coefficient (Wildman–Crippen LogP) is 6.83. The van der Waals surface area contributed by atoms with Crippen LogP contribution in [0.25, 0.3) is 0 Å². The number of nitrogens with two attached hydrogens (primary N) is 2. The van der Waals surface area contributed by atoms with Gasteiger partial charge in [0.15, 0.2) is 11.5 Å². The van der Waals surface area contributed by atoms with Gasteiger partial charge in [0.1, 0.15) is 17.7 Å². The van der Waals surface area contributed by atoms with E-state index >= 15 is 0 Å². The molecule has 0 saturated heterocycles. The molecule has 2 saturated carbocycles. The van der Waals surface area contributed by atoms with Crippen LogP contribution >= 0.6 is 0 Å². The topological polar surface area (TPSA) is 154 Å². The molecule has 246 valence electrons. The summed E-state index contributed by atoms with van der Waals surface area (Å²) in [5.74, 6) is -2.34. The summed E-state index contributed by atoms with van der Waals surface area (Å²) in [6, 6.07) is 3.69. The molecular weight excluding hydrogens is 622 g/mol. The highest BCUT2D eigenvalue weighted by Gasteiger charge is 2.35. The van der Waals surface area contributed by atoms with Crippen LogP contribution in [0.1, 0.15) is 83.5 Å². The van der Waals surface area contributed by atoms with E-state index in [1.54, 1.807) is 0 Å². The SMILES string of the molecule is Nc1cc(C(F)(F)F)cc(NC(=O)c2cc(C(=O)Nc3cc(C(F)(F)F)cc(N)c3OC3CCCC3)ncn2)c1OC1CCCC1. The Morgan fingerprint density at radius 1 is 0.652 bits per heavy atom. The zero-order valence-corrected chi connectivity index (χ0v) is 24.2. The number of carbonyl (C=O) groups excluding carboxylic acids is 2. The van der Waals surface area contributed by atoms with Gasteiger partial charge >= 0.3 is 12.4 Å². The first-order valence-electron chi connectivity index (χ1n) is 14.5. The number of halogens is 6. The fraction of sp³-hybridized carbons (Fsp3) is 0.400. The molecule has 0 unspecified atom stereocenters. The second-order valence-electron chi connectivity index (χ2n) is 11.1. The summed E-state index contributed by atoms with van der Waals surface area (Å²) in [7, 11) is 0. The Morgan fingerprint density at radius 3 is 1.37 bits per heavy atom. The number of amides is 2. The van der Waals surface area contributed by atoms with Crippen LogP contribution in [0.2, 0.25) is 0 Å². The van der Waals surface area contributed by atoms with Crippen LogP contribution in [0.15, 0.2) is 36.7 Å². The minimum Gasteiger partial charge on any atom is -0.486 e. The Kier molecular flexibility index (Phi) is 9.17. The molecule has 0 spiro atoms. The largest absolute Gasteiger partial charge is 0.486 e. The van der Waals surface area contributed by atoms with Gasteiger partial charge in [-0.05, 0) is 75.6 Å². The number of rotatable bonds is 8. The van der Waals surface area contributed by atoms with Crippen LogP contribution in [-0.2, 0) is 12.4 Å². The van der Waals surface area contributed by atoms with Crippen molar-refractivity contribution in [3.63, 3.8) is 0 Å². The molecule has 16 heteroatoms. The van der Waals surface area contributed by atoms with E-state index in [4.69, 9.17) is 20.9 Å². The molecule has 2 aliphatic rings. The van der Waals surface area contributed by atoms with E-state index in [0.29, 0.717) is 49.9 Å². The normalized spacial score (nSPS) is 16.0. The number of benzene rings is 2. The molecule has 6 N–H and O–H groups in total. The summed E-state index contributed by atoms with van der Waals surface area (Å²) in [5.41, 5.74) is 7.31. The van der Waals surface area contributed by atoms with Crippen LogP contribution in [-0.4, -0.2) is 34.0 Å². The number of nitrogens with one attached hydrogen (secondary N) is 2. The zero-order valence-electron chi connectivity index (χ0n) is 24.2. The third kappa shape index (κ3) is 7.54. The number of hydrogen-bond acceptors (Lipinski definition) is 8. The molecule has 1 aromatic heterocycles.